The monoisotopic (exact) mass is 215 g/mol. The highest BCUT2D eigenvalue weighted by Crippen LogP contribution is 2.20. The third-order valence-electron chi connectivity index (χ3n) is 2.93. The van der Waals surface area contributed by atoms with E-state index in [4.69, 9.17) is 5.73 Å². The van der Waals surface area contributed by atoms with E-state index in [1.54, 1.807) is 6.33 Å². The van der Waals surface area contributed by atoms with E-state index in [1.165, 1.54) is 11.1 Å². The number of hydrogen-bond acceptors (Lipinski definition) is 2. The summed E-state index contributed by atoms with van der Waals surface area (Å²) in [6.07, 6.45) is 3.73. The molecule has 0 saturated heterocycles. The lowest BCUT2D eigenvalue weighted by Gasteiger charge is -2.11. The molecule has 2 rings (SSSR count). The van der Waals surface area contributed by atoms with Crippen molar-refractivity contribution in [3.8, 4) is 0 Å². The van der Waals surface area contributed by atoms with Gasteiger partial charge in [-0.15, -0.1) is 0 Å². The van der Waals surface area contributed by atoms with Crippen molar-refractivity contribution in [1.82, 2.24) is 9.55 Å². The summed E-state index contributed by atoms with van der Waals surface area (Å²) in [7, 11) is 1.95. The van der Waals surface area contributed by atoms with Crippen LogP contribution in [-0.4, -0.2) is 9.55 Å². The van der Waals surface area contributed by atoms with E-state index in [-0.39, 0.29) is 6.04 Å². The van der Waals surface area contributed by atoms with E-state index in [9.17, 15) is 0 Å². The largest absolute Gasteiger partial charge is 0.340 e. The summed E-state index contributed by atoms with van der Waals surface area (Å²) >= 11 is 0. The maximum absolute atomic E-state index is 6.17. The number of aryl methyl sites for hydroxylation is 3. The van der Waals surface area contributed by atoms with Crippen LogP contribution in [0.5, 0.6) is 0 Å². The van der Waals surface area contributed by atoms with Crippen molar-refractivity contribution in [2.24, 2.45) is 12.8 Å². The Kier molecular flexibility index (Phi) is 2.79. The van der Waals surface area contributed by atoms with E-state index in [0.29, 0.717) is 0 Å². The Morgan fingerprint density at radius 1 is 1.25 bits per heavy atom. The molecular formula is C13H17N3. The summed E-state index contributed by atoms with van der Waals surface area (Å²) in [6, 6.07) is 6.17. The van der Waals surface area contributed by atoms with Gasteiger partial charge in [-0.25, -0.2) is 4.98 Å². The smallest absolute Gasteiger partial charge is 0.0947 e. The van der Waals surface area contributed by atoms with Gasteiger partial charge in [0, 0.05) is 13.2 Å². The van der Waals surface area contributed by atoms with Crippen LogP contribution in [0.2, 0.25) is 0 Å². The van der Waals surface area contributed by atoms with Gasteiger partial charge in [-0.2, -0.15) is 0 Å². The summed E-state index contributed by atoms with van der Waals surface area (Å²) in [5.74, 6) is 0. The molecule has 0 bridgehead atoms. The Labute approximate surface area is 95.9 Å². The molecule has 1 heterocycles. The number of hydrogen-bond donors (Lipinski definition) is 1. The zero-order chi connectivity index (χ0) is 11.7. The van der Waals surface area contributed by atoms with Crippen LogP contribution < -0.4 is 5.73 Å². The van der Waals surface area contributed by atoms with Gasteiger partial charge in [-0.05, 0) is 30.5 Å². The van der Waals surface area contributed by atoms with Crippen LogP contribution in [0.1, 0.15) is 28.4 Å². The lowest BCUT2D eigenvalue weighted by Crippen LogP contribution is -2.12. The molecule has 1 aromatic heterocycles. The van der Waals surface area contributed by atoms with E-state index in [2.05, 4.69) is 37.0 Å². The molecule has 0 aliphatic carbocycles. The van der Waals surface area contributed by atoms with Crippen LogP contribution in [0.3, 0.4) is 0 Å². The second kappa shape index (κ2) is 4.10. The molecule has 1 atom stereocenters. The van der Waals surface area contributed by atoms with Crippen molar-refractivity contribution in [2.45, 2.75) is 19.9 Å². The van der Waals surface area contributed by atoms with E-state index in [1.807, 2.05) is 17.8 Å². The Hall–Kier alpha value is -1.61. The first kappa shape index (κ1) is 10.9. The molecule has 3 heteroatoms. The van der Waals surface area contributed by atoms with Gasteiger partial charge in [0.1, 0.15) is 0 Å². The van der Waals surface area contributed by atoms with Crippen LogP contribution in [0, 0.1) is 13.8 Å². The van der Waals surface area contributed by atoms with Crippen molar-refractivity contribution in [3.63, 3.8) is 0 Å². The molecule has 0 aliphatic heterocycles. The molecule has 84 valence electrons. The summed E-state index contributed by atoms with van der Waals surface area (Å²) in [5, 5.41) is 0. The first-order valence-corrected chi connectivity index (χ1v) is 5.38. The maximum atomic E-state index is 6.17. The highest BCUT2D eigenvalue weighted by atomic mass is 15.0. The molecule has 1 unspecified atom stereocenters. The number of rotatable bonds is 2. The molecule has 0 aliphatic rings. The highest BCUT2D eigenvalue weighted by molar-refractivity contribution is 5.34. The minimum atomic E-state index is -0.138. The fourth-order valence-electron chi connectivity index (χ4n) is 1.72. The Bertz CT molecular complexity index is 500. The van der Waals surface area contributed by atoms with Crippen molar-refractivity contribution in [1.29, 1.82) is 0 Å². The quantitative estimate of drug-likeness (QED) is 0.833. The fourth-order valence-corrected chi connectivity index (χ4v) is 1.72. The van der Waals surface area contributed by atoms with Crippen molar-refractivity contribution >= 4 is 0 Å². The van der Waals surface area contributed by atoms with Crippen molar-refractivity contribution in [2.75, 3.05) is 0 Å². The average molecular weight is 215 g/mol. The maximum Gasteiger partial charge on any atom is 0.0947 e. The predicted octanol–water partition coefficient (Wildman–Crippen LogP) is 2.09. The predicted molar refractivity (Wildman–Crippen MR) is 65.2 cm³/mol. The molecule has 0 amide bonds. The Morgan fingerprint density at radius 3 is 2.56 bits per heavy atom. The molecule has 0 spiro atoms. The number of benzene rings is 1. The molecule has 16 heavy (non-hydrogen) atoms. The topological polar surface area (TPSA) is 43.8 Å². The van der Waals surface area contributed by atoms with E-state index in [0.717, 1.165) is 11.3 Å². The van der Waals surface area contributed by atoms with Crippen LogP contribution in [-0.2, 0) is 7.05 Å². The molecule has 3 nitrogen and oxygen atoms in total. The Balaban J connectivity index is 2.33. The zero-order valence-corrected chi connectivity index (χ0v) is 9.94. The van der Waals surface area contributed by atoms with Gasteiger partial charge in [0.05, 0.1) is 18.1 Å². The summed E-state index contributed by atoms with van der Waals surface area (Å²) in [6.45, 7) is 4.20. The van der Waals surface area contributed by atoms with Crippen LogP contribution in [0.15, 0.2) is 30.7 Å². The van der Waals surface area contributed by atoms with Crippen LogP contribution in [0.4, 0.5) is 0 Å². The van der Waals surface area contributed by atoms with E-state index < -0.39 is 0 Å². The summed E-state index contributed by atoms with van der Waals surface area (Å²) < 4.78 is 1.91. The first-order valence-electron chi connectivity index (χ1n) is 5.38. The molecule has 2 N–H and O–H groups in total. The molecule has 0 radical (unpaired) electrons. The second-order valence-corrected chi connectivity index (χ2v) is 4.29. The minimum Gasteiger partial charge on any atom is -0.340 e. The summed E-state index contributed by atoms with van der Waals surface area (Å²) in [4.78, 5) is 4.28. The van der Waals surface area contributed by atoms with Crippen molar-refractivity contribution in [3.05, 3.63) is 53.1 Å². The van der Waals surface area contributed by atoms with Gasteiger partial charge in [0.15, 0.2) is 0 Å². The third kappa shape index (κ3) is 1.99. The van der Waals surface area contributed by atoms with Crippen molar-refractivity contribution < 1.29 is 0 Å². The number of nitrogens with zero attached hydrogens (tertiary/aromatic N) is 2. The van der Waals surface area contributed by atoms with Gasteiger partial charge >= 0.3 is 0 Å². The normalized spacial score (nSPS) is 12.8. The second-order valence-electron chi connectivity index (χ2n) is 4.29. The minimum absolute atomic E-state index is 0.138. The summed E-state index contributed by atoms with van der Waals surface area (Å²) in [5.41, 5.74) is 10.7. The standard InChI is InChI=1S/C13H17N3/c1-9-4-5-11(6-10(9)2)13(14)12-7-16(3)8-15-12/h4-8,13H,14H2,1-3H3. The first-order chi connectivity index (χ1) is 7.58. The highest BCUT2D eigenvalue weighted by Gasteiger charge is 2.11. The van der Waals surface area contributed by atoms with E-state index >= 15 is 0 Å². The lowest BCUT2D eigenvalue weighted by atomic mass is 10.00. The van der Waals surface area contributed by atoms with Gasteiger partial charge in [0.2, 0.25) is 0 Å². The molecular weight excluding hydrogens is 198 g/mol. The fraction of sp³-hybridized carbons (Fsp3) is 0.308. The Morgan fingerprint density at radius 2 is 2.00 bits per heavy atom. The molecule has 0 fully saturated rings. The molecule has 1 aromatic carbocycles. The average Bonchev–Trinajstić information content (AvgIpc) is 2.68. The van der Waals surface area contributed by atoms with Crippen LogP contribution in [0.25, 0.3) is 0 Å². The van der Waals surface area contributed by atoms with Gasteiger partial charge in [0.25, 0.3) is 0 Å². The SMILES string of the molecule is Cc1ccc(C(N)c2cn(C)cn2)cc1C. The lowest BCUT2D eigenvalue weighted by molar-refractivity contribution is 0.832. The van der Waals surface area contributed by atoms with Gasteiger partial charge in [-0.3, -0.25) is 0 Å². The van der Waals surface area contributed by atoms with Crippen LogP contribution >= 0.6 is 0 Å². The zero-order valence-electron chi connectivity index (χ0n) is 9.94. The third-order valence-corrected chi connectivity index (χ3v) is 2.93. The number of aromatic nitrogens is 2. The van der Waals surface area contributed by atoms with Gasteiger partial charge < -0.3 is 10.3 Å². The number of imidazole rings is 1. The number of nitrogens with two attached hydrogens (primary N) is 1. The van der Waals surface area contributed by atoms with Gasteiger partial charge in [-0.1, -0.05) is 18.2 Å². The molecule has 0 saturated carbocycles. The molecule has 2 aromatic rings.